The predicted molar refractivity (Wildman–Crippen MR) is 74.3 cm³/mol. The third kappa shape index (κ3) is 2.74. The van der Waals surface area contributed by atoms with Crippen molar-refractivity contribution in [2.45, 2.75) is 37.5 Å². The van der Waals surface area contributed by atoms with E-state index in [1.807, 2.05) is 18.2 Å². The number of ether oxygens (including phenoxy) is 1. The van der Waals surface area contributed by atoms with Gasteiger partial charge in [0, 0.05) is 24.7 Å². The SMILES string of the molecule is CC(F)(CC1COCCN1)C1Cc2ccccc2N1. The van der Waals surface area contributed by atoms with E-state index in [0.29, 0.717) is 13.0 Å². The Labute approximate surface area is 113 Å². The van der Waals surface area contributed by atoms with Gasteiger partial charge in [0.15, 0.2) is 0 Å². The minimum Gasteiger partial charge on any atom is -0.379 e. The lowest BCUT2D eigenvalue weighted by Gasteiger charge is -2.33. The summed E-state index contributed by atoms with van der Waals surface area (Å²) in [5, 5.41) is 6.65. The molecule has 1 aromatic carbocycles. The molecule has 2 aliphatic heterocycles. The van der Waals surface area contributed by atoms with Gasteiger partial charge in [-0.25, -0.2) is 4.39 Å². The van der Waals surface area contributed by atoms with Crippen LogP contribution in [-0.2, 0) is 11.2 Å². The molecule has 2 aliphatic rings. The zero-order valence-corrected chi connectivity index (χ0v) is 11.3. The van der Waals surface area contributed by atoms with E-state index in [2.05, 4.69) is 16.7 Å². The third-order valence-electron chi connectivity index (χ3n) is 4.14. The Kier molecular flexibility index (Phi) is 3.46. The molecule has 4 heteroatoms. The van der Waals surface area contributed by atoms with Crippen LogP contribution in [-0.4, -0.2) is 37.5 Å². The minimum atomic E-state index is -1.24. The van der Waals surface area contributed by atoms with Gasteiger partial charge in [-0.1, -0.05) is 18.2 Å². The van der Waals surface area contributed by atoms with Gasteiger partial charge in [0.2, 0.25) is 0 Å². The largest absolute Gasteiger partial charge is 0.379 e. The van der Waals surface area contributed by atoms with Crippen LogP contribution in [0.25, 0.3) is 0 Å². The number of para-hydroxylation sites is 1. The molecule has 104 valence electrons. The Morgan fingerprint density at radius 2 is 2.26 bits per heavy atom. The minimum absolute atomic E-state index is 0.120. The van der Waals surface area contributed by atoms with Gasteiger partial charge < -0.3 is 15.4 Å². The molecule has 1 fully saturated rings. The summed E-state index contributed by atoms with van der Waals surface area (Å²) in [4.78, 5) is 0. The highest BCUT2D eigenvalue weighted by atomic mass is 19.1. The fraction of sp³-hybridized carbons (Fsp3) is 0.600. The van der Waals surface area contributed by atoms with Crippen molar-refractivity contribution in [2.24, 2.45) is 0 Å². The zero-order valence-electron chi connectivity index (χ0n) is 11.3. The Balaban J connectivity index is 1.65. The second-order valence-electron chi connectivity index (χ2n) is 5.77. The molecule has 2 heterocycles. The Bertz CT molecular complexity index is 419. The normalized spacial score (nSPS) is 29.4. The van der Waals surface area contributed by atoms with Crippen LogP contribution in [0.4, 0.5) is 10.1 Å². The number of alkyl halides is 1. The predicted octanol–water partition coefficient (Wildman–Crippen LogP) is 2.13. The number of nitrogens with one attached hydrogen (secondary N) is 2. The van der Waals surface area contributed by atoms with Crippen molar-refractivity contribution in [1.82, 2.24) is 5.32 Å². The summed E-state index contributed by atoms with van der Waals surface area (Å²) in [5.41, 5.74) is 1.05. The van der Waals surface area contributed by atoms with Gasteiger partial charge >= 0.3 is 0 Å². The first-order valence-electron chi connectivity index (χ1n) is 7.00. The molecular formula is C15H21FN2O. The van der Waals surface area contributed by atoms with Gasteiger partial charge in [-0.05, 0) is 25.0 Å². The van der Waals surface area contributed by atoms with Crippen molar-refractivity contribution in [3.63, 3.8) is 0 Å². The number of fused-ring (bicyclic) bond motifs is 1. The average molecular weight is 264 g/mol. The second kappa shape index (κ2) is 5.10. The van der Waals surface area contributed by atoms with Crippen LogP contribution in [0.5, 0.6) is 0 Å². The summed E-state index contributed by atoms with van der Waals surface area (Å²) in [7, 11) is 0. The number of rotatable bonds is 3. The van der Waals surface area contributed by atoms with Crippen molar-refractivity contribution in [3.8, 4) is 0 Å². The fourth-order valence-electron chi connectivity index (χ4n) is 3.04. The molecular weight excluding hydrogens is 243 g/mol. The van der Waals surface area contributed by atoms with Crippen LogP contribution in [0, 0.1) is 0 Å². The highest BCUT2D eigenvalue weighted by Crippen LogP contribution is 2.34. The van der Waals surface area contributed by atoms with Crippen molar-refractivity contribution in [1.29, 1.82) is 0 Å². The van der Waals surface area contributed by atoms with Gasteiger partial charge in [-0.3, -0.25) is 0 Å². The lowest BCUT2D eigenvalue weighted by atomic mass is 9.89. The van der Waals surface area contributed by atoms with E-state index < -0.39 is 5.67 Å². The maximum atomic E-state index is 15.0. The number of morpholine rings is 1. The fourth-order valence-corrected chi connectivity index (χ4v) is 3.04. The van der Waals surface area contributed by atoms with E-state index in [9.17, 15) is 4.39 Å². The van der Waals surface area contributed by atoms with Crippen molar-refractivity contribution < 1.29 is 9.13 Å². The molecule has 3 unspecified atom stereocenters. The standard InChI is InChI=1S/C15H21FN2O/c1-15(16,9-12-10-19-7-6-17-12)14-8-11-4-2-3-5-13(11)18-14/h2-5,12,14,17-18H,6-10H2,1H3. The van der Waals surface area contributed by atoms with E-state index >= 15 is 0 Å². The summed E-state index contributed by atoms with van der Waals surface area (Å²) in [6.45, 7) is 3.86. The molecule has 0 amide bonds. The highest BCUT2D eigenvalue weighted by molar-refractivity contribution is 5.57. The monoisotopic (exact) mass is 264 g/mol. The van der Waals surface area contributed by atoms with Crippen molar-refractivity contribution in [3.05, 3.63) is 29.8 Å². The van der Waals surface area contributed by atoms with Crippen molar-refractivity contribution in [2.75, 3.05) is 25.1 Å². The van der Waals surface area contributed by atoms with Crippen molar-refractivity contribution >= 4 is 5.69 Å². The lowest BCUT2D eigenvalue weighted by molar-refractivity contribution is 0.0432. The van der Waals surface area contributed by atoms with Gasteiger partial charge in [0.25, 0.3) is 0 Å². The molecule has 0 aromatic heterocycles. The molecule has 1 saturated heterocycles. The molecule has 0 spiro atoms. The van der Waals surface area contributed by atoms with E-state index in [1.165, 1.54) is 5.56 Å². The topological polar surface area (TPSA) is 33.3 Å². The smallest absolute Gasteiger partial charge is 0.130 e. The lowest BCUT2D eigenvalue weighted by Crippen LogP contribution is -2.49. The first-order chi connectivity index (χ1) is 9.15. The summed E-state index contributed by atoms with van der Waals surface area (Å²) < 4.78 is 20.4. The van der Waals surface area contributed by atoms with Gasteiger partial charge in [-0.2, -0.15) is 0 Å². The first kappa shape index (κ1) is 12.9. The molecule has 3 rings (SSSR count). The summed E-state index contributed by atoms with van der Waals surface area (Å²) in [6, 6.07) is 8.06. The Hall–Kier alpha value is -1.13. The quantitative estimate of drug-likeness (QED) is 0.877. The molecule has 0 bridgehead atoms. The van der Waals surface area contributed by atoms with Crippen LogP contribution in [0.2, 0.25) is 0 Å². The zero-order chi connectivity index (χ0) is 13.3. The molecule has 0 aliphatic carbocycles. The van der Waals surface area contributed by atoms with E-state index in [4.69, 9.17) is 4.74 Å². The Morgan fingerprint density at radius 1 is 1.42 bits per heavy atom. The summed E-state index contributed by atoms with van der Waals surface area (Å²) >= 11 is 0. The number of anilines is 1. The van der Waals surface area contributed by atoms with E-state index in [-0.39, 0.29) is 12.1 Å². The van der Waals surface area contributed by atoms with E-state index in [0.717, 1.165) is 25.3 Å². The number of hydrogen-bond donors (Lipinski definition) is 2. The maximum Gasteiger partial charge on any atom is 0.130 e. The average Bonchev–Trinajstić information content (AvgIpc) is 2.84. The maximum absolute atomic E-state index is 15.0. The second-order valence-corrected chi connectivity index (χ2v) is 5.77. The highest BCUT2D eigenvalue weighted by Gasteiger charge is 2.40. The number of halogens is 1. The van der Waals surface area contributed by atoms with Crippen LogP contribution in [0.15, 0.2) is 24.3 Å². The van der Waals surface area contributed by atoms with Gasteiger partial charge in [0.1, 0.15) is 5.67 Å². The number of benzene rings is 1. The van der Waals surface area contributed by atoms with Crippen LogP contribution in [0.3, 0.4) is 0 Å². The molecule has 3 nitrogen and oxygen atoms in total. The Morgan fingerprint density at radius 3 is 3.00 bits per heavy atom. The van der Waals surface area contributed by atoms with Crippen LogP contribution in [0.1, 0.15) is 18.9 Å². The molecule has 19 heavy (non-hydrogen) atoms. The third-order valence-corrected chi connectivity index (χ3v) is 4.14. The molecule has 2 N–H and O–H groups in total. The van der Waals surface area contributed by atoms with Crippen LogP contribution < -0.4 is 10.6 Å². The van der Waals surface area contributed by atoms with Gasteiger partial charge in [0.05, 0.1) is 19.3 Å². The summed E-state index contributed by atoms with van der Waals surface area (Å²) in [6.07, 6.45) is 1.25. The molecule has 0 saturated carbocycles. The molecule has 1 aromatic rings. The van der Waals surface area contributed by atoms with Crippen LogP contribution >= 0.6 is 0 Å². The first-order valence-corrected chi connectivity index (χ1v) is 7.00. The summed E-state index contributed by atoms with van der Waals surface area (Å²) in [5.74, 6) is 0. The molecule has 0 radical (unpaired) electrons. The molecule has 3 atom stereocenters. The van der Waals surface area contributed by atoms with E-state index in [1.54, 1.807) is 6.92 Å². The number of hydrogen-bond acceptors (Lipinski definition) is 3. The van der Waals surface area contributed by atoms with Gasteiger partial charge in [-0.15, -0.1) is 0 Å².